The molecule has 2 aromatic carbocycles. The standard InChI is InChI=1S/C22H30N2.ClH/c1-3-23(4-2)17-9-10-18-24-21-13-7-5-11-19(21)15-16-20-12-6-8-14-22(20)24;/h5-8,11-14H,3-4,9-10,15-18H2,1-2H3;1H. The van der Waals surface area contributed by atoms with E-state index >= 15 is 0 Å². The fourth-order valence-corrected chi connectivity index (χ4v) is 3.86. The largest absolute Gasteiger partial charge is 1.00 e. The molecule has 1 heterocycles. The van der Waals surface area contributed by atoms with Crippen molar-refractivity contribution in [1.29, 1.82) is 0 Å². The molecule has 3 rings (SSSR count). The lowest BCUT2D eigenvalue weighted by molar-refractivity contribution is -0.896. The van der Waals surface area contributed by atoms with E-state index in [1.165, 1.54) is 55.0 Å². The summed E-state index contributed by atoms with van der Waals surface area (Å²) in [5, 5.41) is 0. The van der Waals surface area contributed by atoms with Gasteiger partial charge in [0.1, 0.15) is 0 Å². The summed E-state index contributed by atoms with van der Waals surface area (Å²) in [6, 6.07) is 17.9. The van der Waals surface area contributed by atoms with Crippen molar-refractivity contribution in [3.05, 3.63) is 59.7 Å². The quantitative estimate of drug-likeness (QED) is 0.713. The monoisotopic (exact) mass is 358 g/mol. The lowest BCUT2D eigenvalue weighted by Gasteiger charge is -2.27. The average molecular weight is 359 g/mol. The number of fused-ring (bicyclic) bond motifs is 2. The van der Waals surface area contributed by atoms with Crippen LogP contribution in [0.5, 0.6) is 0 Å². The van der Waals surface area contributed by atoms with Crippen molar-refractivity contribution in [1.82, 2.24) is 0 Å². The fourth-order valence-electron chi connectivity index (χ4n) is 3.86. The van der Waals surface area contributed by atoms with Crippen molar-refractivity contribution in [3.8, 4) is 0 Å². The number of rotatable bonds is 7. The molecule has 3 heteroatoms. The minimum absolute atomic E-state index is 0. The van der Waals surface area contributed by atoms with Crippen LogP contribution in [0.25, 0.3) is 0 Å². The molecule has 2 aromatic rings. The Balaban J connectivity index is 0.00000225. The number of benzene rings is 2. The number of quaternary nitrogens is 1. The highest BCUT2D eigenvalue weighted by atomic mass is 35.5. The van der Waals surface area contributed by atoms with Gasteiger partial charge in [0, 0.05) is 17.9 Å². The second-order valence-corrected chi connectivity index (χ2v) is 6.82. The first kappa shape index (κ1) is 19.8. The molecule has 0 aliphatic carbocycles. The fraction of sp³-hybridized carbons (Fsp3) is 0.455. The Morgan fingerprint density at radius 3 is 1.84 bits per heavy atom. The van der Waals surface area contributed by atoms with Gasteiger partial charge in [0.05, 0.1) is 19.6 Å². The third-order valence-corrected chi connectivity index (χ3v) is 5.39. The zero-order valence-corrected chi connectivity index (χ0v) is 16.4. The van der Waals surface area contributed by atoms with Crippen LogP contribution in [0.2, 0.25) is 0 Å². The number of hydrogen-bond donors (Lipinski definition) is 1. The van der Waals surface area contributed by atoms with E-state index in [2.05, 4.69) is 67.3 Å². The van der Waals surface area contributed by atoms with E-state index in [1.54, 1.807) is 4.90 Å². The molecule has 0 bridgehead atoms. The van der Waals surface area contributed by atoms with E-state index in [0.717, 1.165) is 19.4 Å². The molecule has 0 aromatic heterocycles. The summed E-state index contributed by atoms with van der Waals surface area (Å²) in [5.41, 5.74) is 5.81. The van der Waals surface area contributed by atoms with E-state index < -0.39 is 0 Å². The van der Waals surface area contributed by atoms with Crippen LogP contribution >= 0.6 is 0 Å². The van der Waals surface area contributed by atoms with Crippen molar-refractivity contribution in [2.75, 3.05) is 31.1 Å². The van der Waals surface area contributed by atoms with Gasteiger partial charge in [-0.25, -0.2) is 0 Å². The molecule has 0 saturated heterocycles. The zero-order chi connectivity index (χ0) is 16.8. The highest BCUT2D eigenvalue weighted by molar-refractivity contribution is 5.71. The molecule has 0 atom stereocenters. The number of unbranched alkanes of at least 4 members (excludes halogenated alkanes) is 1. The highest BCUT2D eigenvalue weighted by Gasteiger charge is 2.19. The number of nitrogens with zero attached hydrogens (tertiary/aromatic N) is 1. The summed E-state index contributed by atoms with van der Waals surface area (Å²) < 4.78 is 0. The third-order valence-electron chi connectivity index (χ3n) is 5.39. The molecular formula is C22H31ClN2. The number of halogens is 1. The Labute approximate surface area is 159 Å². The molecule has 2 nitrogen and oxygen atoms in total. The van der Waals surface area contributed by atoms with E-state index in [4.69, 9.17) is 0 Å². The number of para-hydroxylation sites is 2. The zero-order valence-electron chi connectivity index (χ0n) is 15.6. The van der Waals surface area contributed by atoms with Crippen LogP contribution in [-0.4, -0.2) is 26.2 Å². The molecule has 1 aliphatic rings. The van der Waals surface area contributed by atoms with Gasteiger partial charge in [-0.1, -0.05) is 36.4 Å². The topological polar surface area (TPSA) is 7.68 Å². The Bertz CT molecular complexity index is 604. The predicted octanol–water partition coefficient (Wildman–Crippen LogP) is 0.632. The number of nitrogens with one attached hydrogen (secondary N) is 1. The first-order chi connectivity index (χ1) is 11.8. The molecule has 0 amide bonds. The lowest BCUT2D eigenvalue weighted by atomic mass is 10.0. The summed E-state index contributed by atoms with van der Waals surface area (Å²) in [6.07, 6.45) is 4.85. The van der Waals surface area contributed by atoms with Crippen molar-refractivity contribution < 1.29 is 17.3 Å². The molecule has 136 valence electrons. The number of aryl methyl sites for hydroxylation is 2. The first-order valence-corrected chi connectivity index (χ1v) is 9.60. The molecule has 0 unspecified atom stereocenters. The van der Waals surface area contributed by atoms with Crippen molar-refractivity contribution in [3.63, 3.8) is 0 Å². The second kappa shape index (κ2) is 9.84. The van der Waals surface area contributed by atoms with Crippen LogP contribution < -0.4 is 22.2 Å². The average Bonchev–Trinajstić information content (AvgIpc) is 2.79. The molecule has 0 spiro atoms. The SMILES string of the molecule is CC[NH+](CC)CCCCN1c2ccccc2CCc2ccccc21.[Cl-]. The smallest absolute Gasteiger partial charge is 0.0771 e. The maximum Gasteiger partial charge on any atom is 0.0771 e. The molecule has 0 saturated carbocycles. The van der Waals surface area contributed by atoms with Crippen LogP contribution in [-0.2, 0) is 12.8 Å². The molecule has 0 fully saturated rings. The predicted molar refractivity (Wildman–Crippen MR) is 103 cm³/mol. The maximum atomic E-state index is 2.56. The van der Waals surface area contributed by atoms with Crippen LogP contribution in [0, 0.1) is 0 Å². The first-order valence-electron chi connectivity index (χ1n) is 9.60. The van der Waals surface area contributed by atoms with Gasteiger partial charge in [-0.05, 0) is 62.8 Å². The molecule has 25 heavy (non-hydrogen) atoms. The third kappa shape index (κ3) is 4.77. The van der Waals surface area contributed by atoms with E-state index in [1.807, 2.05) is 0 Å². The van der Waals surface area contributed by atoms with Gasteiger partial charge in [0.15, 0.2) is 0 Å². The summed E-state index contributed by atoms with van der Waals surface area (Å²) in [7, 11) is 0. The molecular weight excluding hydrogens is 328 g/mol. The summed E-state index contributed by atoms with van der Waals surface area (Å²) in [5.74, 6) is 0. The van der Waals surface area contributed by atoms with Gasteiger partial charge < -0.3 is 22.2 Å². The normalized spacial score (nSPS) is 13.0. The Kier molecular flexibility index (Phi) is 7.80. The van der Waals surface area contributed by atoms with Crippen molar-refractivity contribution in [2.24, 2.45) is 0 Å². The molecule has 0 radical (unpaired) electrons. The van der Waals surface area contributed by atoms with Crippen molar-refractivity contribution in [2.45, 2.75) is 39.5 Å². The van der Waals surface area contributed by atoms with Gasteiger partial charge in [0.2, 0.25) is 0 Å². The van der Waals surface area contributed by atoms with Crippen LogP contribution in [0.3, 0.4) is 0 Å². The van der Waals surface area contributed by atoms with E-state index in [9.17, 15) is 0 Å². The van der Waals surface area contributed by atoms with Crippen LogP contribution in [0.15, 0.2) is 48.5 Å². The van der Waals surface area contributed by atoms with Crippen LogP contribution in [0.1, 0.15) is 37.8 Å². The summed E-state index contributed by atoms with van der Waals surface area (Å²) >= 11 is 0. The van der Waals surface area contributed by atoms with E-state index in [-0.39, 0.29) is 12.4 Å². The Morgan fingerprint density at radius 2 is 1.32 bits per heavy atom. The second-order valence-electron chi connectivity index (χ2n) is 6.82. The van der Waals surface area contributed by atoms with Gasteiger partial charge in [-0.15, -0.1) is 0 Å². The van der Waals surface area contributed by atoms with Gasteiger partial charge in [-0.2, -0.15) is 0 Å². The molecule has 1 aliphatic heterocycles. The Hall–Kier alpha value is -1.51. The van der Waals surface area contributed by atoms with Gasteiger partial charge in [-0.3, -0.25) is 0 Å². The maximum absolute atomic E-state index is 2.56. The van der Waals surface area contributed by atoms with Gasteiger partial charge in [0.25, 0.3) is 0 Å². The Morgan fingerprint density at radius 1 is 0.800 bits per heavy atom. The highest BCUT2D eigenvalue weighted by Crippen LogP contribution is 2.35. The minimum atomic E-state index is 0. The minimum Gasteiger partial charge on any atom is -1.00 e. The van der Waals surface area contributed by atoms with Gasteiger partial charge >= 0.3 is 0 Å². The van der Waals surface area contributed by atoms with Crippen molar-refractivity contribution >= 4 is 11.4 Å². The van der Waals surface area contributed by atoms with Crippen LogP contribution in [0.4, 0.5) is 11.4 Å². The summed E-state index contributed by atoms with van der Waals surface area (Å²) in [6.45, 7) is 9.48. The lowest BCUT2D eigenvalue weighted by Crippen LogP contribution is -3.11. The van der Waals surface area contributed by atoms with E-state index in [0.29, 0.717) is 0 Å². The summed E-state index contributed by atoms with van der Waals surface area (Å²) in [4.78, 5) is 4.28. The number of anilines is 2. The number of hydrogen-bond acceptors (Lipinski definition) is 1. The molecule has 1 N–H and O–H groups in total.